The van der Waals surface area contributed by atoms with Crippen LogP contribution in [0.5, 0.6) is 0 Å². The molecule has 3 rings (SSSR count). The fourth-order valence-corrected chi connectivity index (χ4v) is 2.89. The van der Waals surface area contributed by atoms with Gasteiger partial charge in [-0.1, -0.05) is 36.4 Å². The van der Waals surface area contributed by atoms with Gasteiger partial charge in [0, 0.05) is 18.5 Å². The van der Waals surface area contributed by atoms with Gasteiger partial charge in [0.1, 0.15) is 0 Å². The van der Waals surface area contributed by atoms with Gasteiger partial charge in [-0.3, -0.25) is 14.4 Å². The first kappa shape index (κ1) is 20.7. The molecule has 2 aromatic carbocycles. The van der Waals surface area contributed by atoms with E-state index in [0.717, 1.165) is 11.3 Å². The van der Waals surface area contributed by atoms with Crippen LogP contribution in [0.1, 0.15) is 30.4 Å². The van der Waals surface area contributed by atoms with E-state index in [4.69, 9.17) is 10.00 Å². The van der Waals surface area contributed by atoms with Crippen LogP contribution in [0.2, 0.25) is 0 Å². The number of benzene rings is 2. The summed E-state index contributed by atoms with van der Waals surface area (Å²) in [6, 6.07) is 18.0. The minimum atomic E-state index is -0.643. The third-order valence-corrected chi connectivity index (χ3v) is 4.38. The van der Waals surface area contributed by atoms with Crippen LogP contribution in [-0.2, 0) is 19.1 Å². The lowest BCUT2D eigenvalue weighted by atomic mass is 10.1. The minimum absolute atomic E-state index is 0.0454. The highest BCUT2D eigenvalue weighted by Gasteiger charge is 2.22. The fourth-order valence-electron chi connectivity index (χ4n) is 2.89. The highest BCUT2D eigenvalue weighted by atomic mass is 16.5. The van der Waals surface area contributed by atoms with Crippen LogP contribution >= 0.6 is 0 Å². The lowest BCUT2D eigenvalue weighted by molar-refractivity contribution is -0.148. The Balaban J connectivity index is 1.40. The quantitative estimate of drug-likeness (QED) is 0.713. The van der Waals surface area contributed by atoms with Gasteiger partial charge in [-0.2, -0.15) is 10.4 Å². The Morgan fingerprint density at radius 3 is 2.67 bits per heavy atom. The maximum atomic E-state index is 12.3. The van der Waals surface area contributed by atoms with Crippen LogP contribution in [-0.4, -0.2) is 41.7 Å². The normalized spacial score (nSPS) is 12.6. The molecule has 0 bridgehead atoms. The lowest BCUT2D eigenvalue weighted by Gasteiger charge is -2.11. The van der Waals surface area contributed by atoms with E-state index in [1.807, 2.05) is 36.4 Å². The number of esters is 1. The Kier molecular flexibility index (Phi) is 6.90. The molecule has 1 aliphatic rings. The molecule has 30 heavy (non-hydrogen) atoms. The number of carbonyl (C=O) groups excluding carboxylic acids is 3. The largest absolute Gasteiger partial charge is 0.456 e. The van der Waals surface area contributed by atoms with Crippen molar-refractivity contribution in [3.63, 3.8) is 0 Å². The van der Waals surface area contributed by atoms with Crippen LogP contribution < -0.4 is 5.32 Å². The van der Waals surface area contributed by atoms with E-state index in [1.54, 1.807) is 18.2 Å². The van der Waals surface area contributed by atoms with Crippen molar-refractivity contribution in [1.29, 1.82) is 5.26 Å². The van der Waals surface area contributed by atoms with Crippen molar-refractivity contribution in [2.75, 3.05) is 18.5 Å². The maximum Gasteiger partial charge on any atom is 0.306 e. The highest BCUT2D eigenvalue weighted by molar-refractivity contribution is 6.02. The molecule has 2 amide bonds. The molecular formula is C22H20N4O4. The zero-order valence-electron chi connectivity index (χ0n) is 16.2. The van der Waals surface area contributed by atoms with Gasteiger partial charge in [0.2, 0.25) is 5.91 Å². The van der Waals surface area contributed by atoms with Crippen LogP contribution in [0.15, 0.2) is 59.7 Å². The second kappa shape index (κ2) is 9.98. The lowest BCUT2D eigenvalue weighted by Crippen LogP contribution is -2.25. The number of nitrogens with one attached hydrogen (secondary N) is 1. The van der Waals surface area contributed by atoms with E-state index in [1.165, 1.54) is 11.1 Å². The van der Waals surface area contributed by atoms with Gasteiger partial charge in [0.15, 0.2) is 6.61 Å². The van der Waals surface area contributed by atoms with Gasteiger partial charge in [-0.15, -0.1) is 0 Å². The van der Waals surface area contributed by atoms with Crippen molar-refractivity contribution in [2.45, 2.75) is 19.3 Å². The Hall–Kier alpha value is -3.99. The molecule has 0 aliphatic carbocycles. The number of hydrogen-bond donors (Lipinski definition) is 1. The predicted octanol–water partition coefficient (Wildman–Crippen LogP) is 2.46. The molecule has 8 nitrogen and oxygen atoms in total. The number of nitriles is 1. The molecule has 1 heterocycles. The van der Waals surface area contributed by atoms with Crippen molar-refractivity contribution in [3.05, 3.63) is 65.7 Å². The van der Waals surface area contributed by atoms with Gasteiger partial charge < -0.3 is 10.1 Å². The van der Waals surface area contributed by atoms with Crippen LogP contribution in [0.25, 0.3) is 0 Å². The number of ether oxygens (including phenoxy) is 1. The molecule has 0 fully saturated rings. The second-order valence-corrected chi connectivity index (χ2v) is 6.58. The van der Waals surface area contributed by atoms with Crippen LogP contribution in [0, 0.1) is 11.3 Å². The maximum absolute atomic E-state index is 12.3. The molecular weight excluding hydrogens is 384 g/mol. The van der Waals surface area contributed by atoms with Crippen molar-refractivity contribution in [3.8, 4) is 6.07 Å². The van der Waals surface area contributed by atoms with Crippen molar-refractivity contribution in [2.24, 2.45) is 5.10 Å². The molecule has 0 spiro atoms. The SMILES string of the molecule is N#Cc1cccc(NC(=O)COC(=O)CCC(=O)N2CCC(c3ccccc3)=N2)c1. The Labute approximate surface area is 173 Å². The minimum Gasteiger partial charge on any atom is -0.456 e. The molecule has 0 aromatic heterocycles. The fraction of sp³-hybridized carbons (Fsp3) is 0.227. The van der Waals surface area contributed by atoms with Gasteiger partial charge in [-0.05, 0) is 23.8 Å². The third-order valence-electron chi connectivity index (χ3n) is 4.38. The standard InChI is InChI=1S/C22H20N4O4/c23-14-16-5-4-8-18(13-16)24-20(27)15-30-22(29)10-9-21(28)26-12-11-19(25-26)17-6-2-1-3-7-17/h1-8,13H,9-12,15H2,(H,24,27). The summed E-state index contributed by atoms with van der Waals surface area (Å²) in [5.41, 5.74) is 2.65. The number of anilines is 1. The van der Waals surface area contributed by atoms with Gasteiger partial charge in [-0.25, -0.2) is 5.01 Å². The molecule has 0 radical (unpaired) electrons. The summed E-state index contributed by atoms with van der Waals surface area (Å²) in [7, 11) is 0. The summed E-state index contributed by atoms with van der Waals surface area (Å²) in [5, 5.41) is 17.1. The number of hydrogen-bond acceptors (Lipinski definition) is 6. The monoisotopic (exact) mass is 404 g/mol. The second-order valence-electron chi connectivity index (χ2n) is 6.58. The summed E-state index contributed by atoms with van der Waals surface area (Å²) in [5.74, 6) is -1.44. The third kappa shape index (κ3) is 5.75. The summed E-state index contributed by atoms with van der Waals surface area (Å²) in [6.45, 7) is 0.00605. The Bertz CT molecular complexity index is 1010. The summed E-state index contributed by atoms with van der Waals surface area (Å²) >= 11 is 0. The number of carbonyl (C=O) groups is 3. The molecule has 0 saturated carbocycles. The van der Waals surface area contributed by atoms with Crippen LogP contribution in [0.3, 0.4) is 0 Å². The molecule has 8 heteroatoms. The van der Waals surface area contributed by atoms with Crippen LogP contribution in [0.4, 0.5) is 5.69 Å². The smallest absolute Gasteiger partial charge is 0.306 e. The van der Waals surface area contributed by atoms with Crippen molar-refractivity contribution in [1.82, 2.24) is 5.01 Å². The van der Waals surface area contributed by atoms with E-state index < -0.39 is 18.5 Å². The molecule has 1 aliphatic heterocycles. The Morgan fingerprint density at radius 2 is 1.90 bits per heavy atom. The molecule has 0 saturated heterocycles. The average Bonchev–Trinajstić information content (AvgIpc) is 3.27. The zero-order valence-corrected chi connectivity index (χ0v) is 16.2. The first-order valence-electron chi connectivity index (χ1n) is 9.44. The highest BCUT2D eigenvalue weighted by Crippen LogP contribution is 2.15. The molecule has 1 N–H and O–H groups in total. The van der Waals surface area contributed by atoms with Gasteiger partial charge >= 0.3 is 5.97 Å². The topological polar surface area (TPSA) is 112 Å². The number of amides is 2. The van der Waals surface area contributed by atoms with E-state index in [-0.39, 0.29) is 18.7 Å². The summed E-state index contributed by atoms with van der Waals surface area (Å²) in [6.07, 6.45) is 0.479. The number of hydrazone groups is 1. The van der Waals surface area contributed by atoms with E-state index >= 15 is 0 Å². The average molecular weight is 404 g/mol. The van der Waals surface area contributed by atoms with Crippen molar-refractivity contribution < 1.29 is 19.1 Å². The zero-order chi connectivity index (χ0) is 21.3. The summed E-state index contributed by atoms with van der Waals surface area (Å²) in [4.78, 5) is 36.0. The van der Waals surface area contributed by atoms with Crippen molar-refractivity contribution >= 4 is 29.2 Å². The first-order chi connectivity index (χ1) is 14.5. The first-order valence-corrected chi connectivity index (χ1v) is 9.44. The van der Waals surface area contributed by atoms with E-state index in [0.29, 0.717) is 24.2 Å². The molecule has 0 unspecified atom stereocenters. The van der Waals surface area contributed by atoms with E-state index in [2.05, 4.69) is 10.4 Å². The number of rotatable bonds is 7. The van der Waals surface area contributed by atoms with Gasteiger partial charge in [0.25, 0.3) is 5.91 Å². The molecule has 2 aromatic rings. The number of nitrogens with zero attached hydrogens (tertiary/aromatic N) is 3. The van der Waals surface area contributed by atoms with Gasteiger partial charge in [0.05, 0.1) is 30.3 Å². The predicted molar refractivity (Wildman–Crippen MR) is 109 cm³/mol. The summed E-state index contributed by atoms with van der Waals surface area (Å²) < 4.78 is 4.91. The molecule has 0 atom stereocenters. The molecule has 152 valence electrons. The van der Waals surface area contributed by atoms with E-state index in [9.17, 15) is 14.4 Å². The Morgan fingerprint density at radius 1 is 1.10 bits per heavy atom.